The summed E-state index contributed by atoms with van der Waals surface area (Å²) >= 11 is 0. The second-order valence-corrected chi connectivity index (χ2v) is 5.29. The lowest BCUT2D eigenvalue weighted by Crippen LogP contribution is -2.25. The van der Waals surface area contributed by atoms with E-state index in [9.17, 15) is 4.79 Å². The number of ether oxygens (including phenoxy) is 1. The van der Waals surface area contributed by atoms with Crippen LogP contribution in [-0.4, -0.2) is 31.2 Å². The molecule has 0 fully saturated rings. The van der Waals surface area contributed by atoms with Crippen LogP contribution in [0.15, 0.2) is 24.3 Å². The summed E-state index contributed by atoms with van der Waals surface area (Å²) in [7, 11) is 1.66. The number of methoxy groups -OCH3 is 1. The van der Waals surface area contributed by atoms with E-state index in [1.54, 1.807) is 7.11 Å². The second-order valence-electron chi connectivity index (χ2n) is 5.29. The van der Waals surface area contributed by atoms with Gasteiger partial charge in [-0.3, -0.25) is 4.79 Å². The Balaban J connectivity index is 2.09. The summed E-state index contributed by atoms with van der Waals surface area (Å²) in [6, 6.07) is 8.18. The summed E-state index contributed by atoms with van der Waals surface area (Å²) in [4.78, 5) is 15.2. The van der Waals surface area contributed by atoms with Gasteiger partial charge in [-0.1, -0.05) is 26.0 Å². The maximum Gasteiger partial charge on any atom is 0.267 e. The van der Waals surface area contributed by atoms with Gasteiger partial charge in [-0.2, -0.15) is 0 Å². The Hall–Kier alpha value is -1.81. The van der Waals surface area contributed by atoms with Crippen LogP contribution in [0.3, 0.4) is 0 Å². The fourth-order valence-electron chi connectivity index (χ4n) is 2.14. The first kappa shape index (κ1) is 14.6. The number of nitrogens with one attached hydrogen (secondary N) is 2. The van der Waals surface area contributed by atoms with Crippen LogP contribution >= 0.6 is 0 Å². The molecule has 0 radical (unpaired) electrons. The number of benzene rings is 1. The zero-order chi connectivity index (χ0) is 14.5. The fraction of sp³-hybridized carbons (Fsp3) is 0.438. The van der Waals surface area contributed by atoms with Crippen molar-refractivity contribution in [1.82, 2.24) is 10.3 Å². The van der Waals surface area contributed by atoms with Gasteiger partial charge in [-0.05, 0) is 30.0 Å². The highest BCUT2D eigenvalue weighted by molar-refractivity contribution is 5.98. The van der Waals surface area contributed by atoms with E-state index >= 15 is 0 Å². The minimum absolute atomic E-state index is 0.0663. The van der Waals surface area contributed by atoms with E-state index in [0.29, 0.717) is 24.8 Å². The Labute approximate surface area is 119 Å². The van der Waals surface area contributed by atoms with Crippen LogP contribution in [0.5, 0.6) is 0 Å². The third kappa shape index (κ3) is 3.39. The average Bonchev–Trinajstić information content (AvgIpc) is 2.86. The highest BCUT2D eigenvalue weighted by Crippen LogP contribution is 2.21. The monoisotopic (exact) mass is 274 g/mol. The third-order valence-corrected chi connectivity index (χ3v) is 3.37. The second kappa shape index (κ2) is 6.57. The number of aromatic nitrogens is 1. The van der Waals surface area contributed by atoms with Gasteiger partial charge in [0.05, 0.1) is 0 Å². The lowest BCUT2D eigenvalue weighted by Gasteiger charge is -2.04. The number of hydrogen-bond acceptors (Lipinski definition) is 2. The van der Waals surface area contributed by atoms with Gasteiger partial charge in [0.25, 0.3) is 5.91 Å². The molecule has 1 heterocycles. The predicted molar refractivity (Wildman–Crippen MR) is 81.2 cm³/mol. The Kier molecular flexibility index (Phi) is 4.79. The summed E-state index contributed by atoms with van der Waals surface area (Å²) < 4.78 is 4.95. The number of hydrogen-bond donors (Lipinski definition) is 2. The van der Waals surface area contributed by atoms with Gasteiger partial charge in [-0.15, -0.1) is 0 Å². The fourth-order valence-corrected chi connectivity index (χ4v) is 2.14. The number of rotatable bonds is 6. The lowest BCUT2D eigenvalue weighted by molar-refractivity contribution is 0.0944. The highest BCUT2D eigenvalue weighted by Gasteiger charge is 2.09. The van der Waals surface area contributed by atoms with E-state index in [1.165, 1.54) is 5.56 Å². The van der Waals surface area contributed by atoms with Crippen molar-refractivity contribution < 1.29 is 9.53 Å². The van der Waals surface area contributed by atoms with Crippen molar-refractivity contribution in [2.75, 3.05) is 20.3 Å². The number of fused-ring (bicyclic) bond motifs is 1. The maximum absolute atomic E-state index is 12.0. The van der Waals surface area contributed by atoms with Gasteiger partial charge in [-0.25, -0.2) is 0 Å². The van der Waals surface area contributed by atoms with Crippen LogP contribution in [0.25, 0.3) is 10.9 Å². The SMILES string of the molecule is COCCCNC(=O)c1cc2ccc(C(C)C)cc2[nH]1. The molecule has 0 aliphatic rings. The smallest absolute Gasteiger partial charge is 0.267 e. The van der Waals surface area contributed by atoms with Crippen molar-refractivity contribution in [1.29, 1.82) is 0 Å². The van der Waals surface area contributed by atoms with Gasteiger partial charge < -0.3 is 15.0 Å². The van der Waals surface area contributed by atoms with Crippen LogP contribution < -0.4 is 5.32 Å². The van der Waals surface area contributed by atoms with E-state index in [1.807, 2.05) is 6.07 Å². The Bertz CT molecular complexity index is 587. The van der Waals surface area contributed by atoms with E-state index < -0.39 is 0 Å². The van der Waals surface area contributed by atoms with Crippen LogP contribution in [-0.2, 0) is 4.74 Å². The van der Waals surface area contributed by atoms with Gasteiger partial charge in [0.2, 0.25) is 0 Å². The van der Waals surface area contributed by atoms with Crippen molar-refractivity contribution >= 4 is 16.8 Å². The zero-order valence-electron chi connectivity index (χ0n) is 12.3. The molecular weight excluding hydrogens is 252 g/mol. The maximum atomic E-state index is 12.0. The Morgan fingerprint density at radius 2 is 2.15 bits per heavy atom. The van der Waals surface area contributed by atoms with Gasteiger partial charge in [0, 0.05) is 31.2 Å². The minimum atomic E-state index is -0.0663. The Morgan fingerprint density at radius 1 is 1.35 bits per heavy atom. The summed E-state index contributed by atoms with van der Waals surface area (Å²) in [6.45, 7) is 5.60. The van der Waals surface area contributed by atoms with Crippen LogP contribution in [0.1, 0.15) is 42.2 Å². The molecule has 1 aromatic heterocycles. The lowest BCUT2D eigenvalue weighted by atomic mass is 10.0. The summed E-state index contributed by atoms with van der Waals surface area (Å²) in [5, 5.41) is 3.95. The van der Waals surface area contributed by atoms with Crippen molar-refractivity contribution in [2.24, 2.45) is 0 Å². The highest BCUT2D eigenvalue weighted by atomic mass is 16.5. The van der Waals surface area contributed by atoms with Crippen LogP contribution in [0, 0.1) is 0 Å². The molecule has 4 nitrogen and oxygen atoms in total. The average molecular weight is 274 g/mol. The predicted octanol–water partition coefficient (Wildman–Crippen LogP) is 3.06. The molecule has 0 atom stereocenters. The molecule has 1 amide bonds. The van der Waals surface area contributed by atoms with Crippen LogP contribution in [0.2, 0.25) is 0 Å². The van der Waals surface area contributed by atoms with Crippen molar-refractivity contribution in [2.45, 2.75) is 26.2 Å². The van der Waals surface area contributed by atoms with Crippen molar-refractivity contribution in [3.8, 4) is 0 Å². The molecule has 0 bridgehead atoms. The zero-order valence-corrected chi connectivity index (χ0v) is 12.3. The number of carbonyl (C=O) groups is 1. The topological polar surface area (TPSA) is 54.1 Å². The molecule has 20 heavy (non-hydrogen) atoms. The van der Waals surface area contributed by atoms with Crippen molar-refractivity contribution in [3.63, 3.8) is 0 Å². The van der Waals surface area contributed by atoms with E-state index in [4.69, 9.17) is 4.74 Å². The van der Waals surface area contributed by atoms with Gasteiger partial charge >= 0.3 is 0 Å². The molecular formula is C16H22N2O2. The van der Waals surface area contributed by atoms with Gasteiger partial charge in [0.1, 0.15) is 5.69 Å². The molecule has 0 aliphatic carbocycles. The molecule has 0 unspecified atom stereocenters. The first-order valence-electron chi connectivity index (χ1n) is 7.01. The molecule has 4 heteroatoms. The van der Waals surface area contributed by atoms with Crippen LogP contribution in [0.4, 0.5) is 0 Å². The van der Waals surface area contributed by atoms with E-state index in [2.05, 4.69) is 42.3 Å². The number of carbonyl (C=O) groups excluding carboxylic acids is 1. The molecule has 108 valence electrons. The van der Waals surface area contributed by atoms with Gasteiger partial charge in [0.15, 0.2) is 0 Å². The molecule has 2 aromatic rings. The standard InChI is InChI=1S/C16H22N2O2/c1-11(2)12-5-6-13-10-15(18-14(13)9-12)16(19)17-7-4-8-20-3/h5-6,9-11,18H,4,7-8H2,1-3H3,(H,17,19). The first-order valence-corrected chi connectivity index (χ1v) is 7.01. The minimum Gasteiger partial charge on any atom is -0.385 e. The first-order chi connectivity index (χ1) is 9.61. The Morgan fingerprint density at radius 3 is 2.85 bits per heavy atom. The number of amides is 1. The molecule has 1 aromatic carbocycles. The van der Waals surface area contributed by atoms with E-state index in [0.717, 1.165) is 17.3 Å². The quantitative estimate of drug-likeness (QED) is 0.795. The molecule has 0 spiro atoms. The number of aromatic amines is 1. The molecule has 2 N–H and O–H groups in total. The van der Waals surface area contributed by atoms with E-state index in [-0.39, 0.29) is 5.91 Å². The normalized spacial score (nSPS) is 11.2. The largest absolute Gasteiger partial charge is 0.385 e. The molecule has 0 aliphatic heterocycles. The molecule has 0 saturated carbocycles. The molecule has 2 rings (SSSR count). The third-order valence-electron chi connectivity index (χ3n) is 3.37. The van der Waals surface area contributed by atoms with Crippen molar-refractivity contribution in [3.05, 3.63) is 35.5 Å². The molecule has 0 saturated heterocycles. The summed E-state index contributed by atoms with van der Waals surface area (Å²) in [6.07, 6.45) is 0.819. The summed E-state index contributed by atoms with van der Waals surface area (Å²) in [5.74, 6) is 0.414. The number of H-pyrrole nitrogens is 1. The summed E-state index contributed by atoms with van der Waals surface area (Å²) in [5.41, 5.74) is 2.89.